The molecule has 1 fully saturated rings. The smallest absolute Gasteiger partial charge is 0.227 e. The van der Waals surface area contributed by atoms with Crippen LogP contribution in [0.3, 0.4) is 0 Å². The minimum atomic E-state index is -1.13. The maximum Gasteiger partial charge on any atom is 0.227 e. The van der Waals surface area contributed by atoms with Crippen LogP contribution in [-0.2, 0) is 0 Å². The molecule has 1 aromatic carbocycles. The normalized spacial score (nSPS) is 14.5. The number of aliphatic hydroxyl groups excluding tert-OH is 2. The van der Waals surface area contributed by atoms with Crippen LogP contribution in [0, 0.1) is 11.3 Å². The Morgan fingerprint density at radius 2 is 2.10 bits per heavy atom. The molecule has 1 atom stereocenters. The van der Waals surface area contributed by atoms with Gasteiger partial charge in [0.2, 0.25) is 5.88 Å². The lowest BCUT2D eigenvalue weighted by atomic mass is 10.1. The lowest BCUT2D eigenvalue weighted by Gasteiger charge is -2.21. The summed E-state index contributed by atoms with van der Waals surface area (Å²) in [5.41, 5.74) is 1.48. The Bertz CT molecular complexity index is 1230. The molecule has 0 amide bonds. The van der Waals surface area contributed by atoms with Gasteiger partial charge in [-0.25, -0.2) is 4.98 Å². The molecule has 4 rings (SSSR count). The molecule has 2 heterocycles. The number of aromatic nitrogens is 2. The Hall–Kier alpha value is -2.63. The Morgan fingerprint density at radius 1 is 1.33 bits per heavy atom. The van der Waals surface area contributed by atoms with Crippen molar-refractivity contribution in [1.29, 1.82) is 5.26 Å². The Kier molecular flexibility index (Phi) is 5.67. The van der Waals surface area contributed by atoms with Crippen LogP contribution in [0.2, 0.25) is 10.0 Å². The lowest BCUT2D eigenvalue weighted by molar-refractivity contribution is 0.0526. The number of rotatable bonds is 6. The van der Waals surface area contributed by atoms with Crippen LogP contribution in [0.25, 0.3) is 16.6 Å². The lowest BCUT2D eigenvalue weighted by Crippen LogP contribution is -2.23. The number of nitrogens with zero attached hydrogens (tertiary/aromatic N) is 3. The predicted octanol–water partition coefficient (Wildman–Crippen LogP) is 3.17. The second-order valence-corrected chi connectivity index (χ2v) is 7.89. The summed E-state index contributed by atoms with van der Waals surface area (Å²) in [4.78, 5) is 17.1. The molecule has 154 valence electrons. The van der Waals surface area contributed by atoms with Crippen LogP contribution >= 0.6 is 23.2 Å². The van der Waals surface area contributed by atoms with Gasteiger partial charge in [0, 0.05) is 11.8 Å². The Labute approximate surface area is 181 Å². The van der Waals surface area contributed by atoms with E-state index in [1.54, 1.807) is 22.8 Å². The van der Waals surface area contributed by atoms with E-state index < -0.39 is 12.7 Å². The molecule has 30 heavy (non-hydrogen) atoms. The molecule has 1 saturated carbocycles. The zero-order chi connectivity index (χ0) is 21.4. The Balaban J connectivity index is 2.07. The minimum Gasteiger partial charge on any atom is -0.474 e. The number of benzene rings is 1. The van der Waals surface area contributed by atoms with Crippen molar-refractivity contribution in [3.05, 3.63) is 62.0 Å². The first-order chi connectivity index (χ1) is 14.5. The third-order valence-corrected chi connectivity index (χ3v) is 5.51. The van der Waals surface area contributed by atoms with Gasteiger partial charge in [-0.15, -0.1) is 0 Å². The van der Waals surface area contributed by atoms with Crippen molar-refractivity contribution in [3.8, 4) is 17.6 Å². The standard InChI is InChI=1S/C21H17Cl2N3O4/c22-14-3-1-2-12(7-24)19(14)26-16(11-4-5-11)6-17(29)18-20(26)15(23)8-25-21(18)30-10-13(28)9-27/h1-3,6,8,11,13,27-28H,4-5,9-10H2. The molecule has 7 nitrogen and oxygen atoms in total. The highest BCUT2D eigenvalue weighted by Crippen LogP contribution is 2.44. The first-order valence-corrected chi connectivity index (χ1v) is 10.1. The second kappa shape index (κ2) is 8.25. The zero-order valence-corrected chi connectivity index (χ0v) is 17.2. The van der Waals surface area contributed by atoms with Gasteiger partial charge >= 0.3 is 0 Å². The molecule has 1 aliphatic rings. The van der Waals surface area contributed by atoms with E-state index in [0.717, 1.165) is 12.8 Å². The number of aliphatic hydroxyl groups is 2. The summed E-state index contributed by atoms with van der Waals surface area (Å²) in [6, 6.07) is 8.64. The first-order valence-electron chi connectivity index (χ1n) is 9.31. The molecule has 2 N–H and O–H groups in total. The van der Waals surface area contributed by atoms with Gasteiger partial charge in [-0.2, -0.15) is 5.26 Å². The van der Waals surface area contributed by atoms with Gasteiger partial charge in [-0.3, -0.25) is 4.79 Å². The van der Waals surface area contributed by atoms with Crippen LogP contribution in [0.15, 0.2) is 35.3 Å². The quantitative estimate of drug-likeness (QED) is 0.602. The molecule has 0 spiro atoms. The fourth-order valence-corrected chi connectivity index (χ4v) is 3.88. The minimum absolute atomic E-state index is 0.0199. The fourth-order valence-electron chi connectivity index (χ4n) is 3.39. The third-order valence-electron chi connectivity index (χ3n) is 4.93. The van der Waals surface area contributed by atoms with Crippen molar-refractivity contribution in [2.75, 3.05) is 13.2 Å². The number of pyridine rings is 2. The average molecular weight is 446 g/mol. The van der Waals surface area contributed by atoms with Gasteiger partial charge in [-0.05, 0) is 30.9 Å². The molecule has 0 bridgehead atoms. The van der Waals surface area contributed by atoms with Gasteiger partial charge in [0.25, 0.3) is 0 Å². The highest BCUT2D eigenvalue weighted by molar-refractivity contribution is 6.35. The van der Waals surface area contributed by atoms with E-state index in [4.69, 9.17) is 33.0 Å². The summed E-state index contributed by atoms with van der Waals surface area (Å²) in [5.74, 6) is 0.128. The number of halogens is 2. The molecular weight excluding hydrogens is 429 g/mol. The summed E-state index contributed by atoms with van der Waals surface area (Å²) in [7, 11) is 0. The van der Waals surface area contributed by atoms with Crippen LogP contribution in [-0.4, -0.2) is 39.1 Å². The molecule has 2 aromatic heterocycles. The topological polar surface area (TPSA) is 108 Å². The Morgan fingerprint density at radius 3 is 2.77 bits per heavy atom. The SMILES string of the molecule is N#Cc1cccc(Cl)c1-n1c(C2CC2)cc(=O)c2c(OCC(O)CO)ncc(Cl)c21. The highest BCUT2D eigenvalue weighted by Gasteiger charge is 2.31. The van der Waals surface area contributed by atoms with Crippen LogP contribution in [0.1, 0.15) is 30.0 Å². The summed E-state index contributed by atoms with van der Waals surface area (Å²) < 4.78 is 7.26. The summed E-state index contributed by atoms with van der Waals surface area (Å²) in [5, 5.41) is 29.0. The van der Waals surface area contributed by atoms with Crippen LogP contribution < -0.4 is 10.2 Å². The first kappa shape index (κ1) is 20.6. The van der Waals surface area contributed by atoms with Crippen molar-refractivity contribution in [2.45, 2.75) is 24.9 Å². The summed E-state index contributed by atoms with van der Waals surface area (Å²) in [6.45, 7) is -0.744. The maximum absolute atomic E-state index is 13.0. The van der Waals surface area contributed by atoms with Gasteiger partial charge in [0.1, 0.15) is 24.2 Å². The molecule has 0 saturated heterocycles. The van der Waals surface area contributed by atoms with Crippen molar-refractivity contribution in [2.24, 2.45) is 0 Å². The number of fused-ring (bicyclic) bond motifs is 1. The van der Waals surface area contributed by atoms with Crippen LogP contribution in [0.5, 0.6) is 5.88 Å². The zero-order valence-electron chi connectivity index (χ0n) is 15.7. The molecule has 0 aliphatic heterocycles. The predicted molar refractivity (Wildman–Crippen MR) is 113 cm³/mol. The van der Waals surface area contributed by atoms with Crippen molar-refractivity contribution in [1.82, 2.24) is 9.55 Å². The van der Waals surface area contributed by atoms with E-state index in [1.807, 2.05) is 0 Å². The monoisotopic (exact) mass is 445 g/mol. The van der Waals surface area contributed by atoms with Gasteiger partial charge in [0.05, 0.1) is 39.6 Å². The third kappa shape index (κ3) is 3.64. The van der Waals surface area contributed by atoms with Crippen molar-refractivity contribution in [3.63, 3.8) is 0 Å². The number of para-hydroxylation sites is 1. The summed E-state index contributed by atoms with van der Waals surface area (Å²) in [6.07, 6.45) is 2.04. The number of hydrogen-bond donors (Lipinski definition) is 2. The van der Waals surface area contributed by atoms with Crippen molar-refractivity contribution >= 4 is 34.1 Å². The fraction of sp³-hybridized carbons (Fsp3) is 0.286. The van der Waals surface area contributed by atoms with E-state index in [-0.39, 0.29) is 34.2 Å². The van der Waals surface area contributed by atoms with Gasteiger partial charge in [0.15, 0.2) is 5.43 Å². The number of hydrogen-bond acceptors (Lipinski definition) is 6. The largest absolute Gasteiger partial charge is 0.474 e. The van der Waals surface area contributed by atoms with E-state index in [0.29, 0.717) is 27.5 Å². The van der Waals surface area contributed by atoms with Crippen LogP contribution in [0.4, 0.5) is 0 Å². The second-order valence-electron chi connectivity index (χ2n) is 7.07. The van der Waals surface area contributed by atoms with E-state index >= 15 is 0 Å². The van der Waals surface area contributed by atoms with E-state index in [2.05, 4.69) is 11.1 Å². The summed E-state index contributed by atoms with van der Waals surface area (Å²) >= 11 is 13.0. The number of nitriles is 1. The molecule has 9 heteroatoms. The molecule has 0 radical (unpaired) electrons. The van der Waals surface area contributed by atoms with Gasteiger partial charge in [-0.1, -0.05) is 29.3 Å². The number of ether oxygens (including phenoxy) is 1. The molecule has 3 aromatic rings. The van der Waals surface area contributed by atoms with E-state index in [9.17, 15) is 15.2 Å². The highest BCUT2D eigenvalue weighted by atomic mass is 35.5. The van der Waals surface area contributed by atoms with Gasteiger partial charge < -0.3 is 19.5 Å². The molecule has 1 aliphatic carbocycles. The van der Waals surface area contributed by atoms with Crippen molar-refractivity contribution < 1.29 is 14.9 Å². The average Bonchev–Trinajstić information content (AvgIpc) is 3.58. The molecule has 1 unspecified atom stereocenters. The maximum atomic E-state index is 13.0. The van der Waals surface area contributed by atoms with E-state index in [1.165, 1.54) is 12.3 Å². The molecular formula is C21H17Cl2N3O4.